The highest BCUT2D eigenvalue weighted by Gasteiger charge is 2.14. The van der Waals surface area contributed by atoms with Gasteiger partial charge in [0, 0.05) is 4.47 Å². The van der Waals surface area contributed by atoms with E-state index in [1.165, 1.54) is 0 Å². The van der Waals surface area contributed by atoms with E-state index in [4.69, 9.17) is 16.0 Å². The molecule has 3 aromatic rings. The molecular formula is C14H13BrClN3O. The van der Waals surface area contributed by atoms with Crippen molar-refractivity contribution >= 4 is 38.6 Å². The van der Waals surface area contributed by atoms with Gasteiger partial charge in [0.1, 0.15) is 18.1 Å². The molecule has 20 heavy (non-hydrogen) atoms. The molecule has 0 aliphatic heterocycles. The second-order valence-corrected chi connectivity index (χ2v) is 5.81. The van der Waals surface area contributed by atoms with Gasteiger partial charge in [-0.25, -0.2) is 9.97 Å². The third-order valence-electron chi connectivity index (χ3n) is 3.28. The molecule has 0 saturated carbocycles. The zero-order valence-corrected chi connectivity index (χ0v) is 13.5. The van der Waals surface area contributed by atoms with Crippen molar-refractivity contribution in [1.29, 1.82) is 0 Å². The minimum Gasteiger partial charge on any atom is -0.444 e. The number of imidazole rings is 1. The first-order valence-corrected chi connectivity index (χ1v) is 7.55. The quantitative estimate of drug-likeness (QED) is 0.662. The maximum absolute atomic E-state index is 6.00. The molecule has 1 aromatic carbocycles. The number of oxazole rings is 1. The first-order chi connectivity index (χ1) is 9.58. The average molecular weight is 355 g/mol. The van der Waals surface area contributed by atoms with Crippen molar-refractivity contribution < 1.29 is 4.42 Å². The van der Waals surface area contributed by atoms with Gasteiger partial charge in [-0.15, -0.1) is 11.6 Å². The molecule has 0 N–H and O–H groups in total. The van der Waals surface area contributed by atoms with Crippen molar-refractivity contribution in [3.8, 4) is 0 Å². The van der Waals surface area contributed by atoms with Crippen molar-refractivity contribution in [3.05, 3.63) is 45.8 Å². The number of hydrogen-bond acceptors (Lipinski definition) is 3. The van der Waals surface area contributed by atoms with Gasteiger partial charge in [0.2, 0.25) is 5.89 Å². The number of alkyl halides is 1. The second-order valence-electron chi connectivity index (χ2n) is 4.63. The molecule has 2 heterocycles. The molecule has 2 aromatic heterocycles. The van der Waals surface area contributed by atoms with Crippen molar-refractivity contribution in [2.75, 3.05) is 0 Å². The van der Waals surface area contributed by atoms with Crippen LogP contribution >= 0.6 is 27.5 Å². The van der Waals surface area contributed by atoms with E-state index in [1.807, 2.05) is 36.6 Å². The smallest absolute Gasteiger partial charge is 0.214 e. The lowest BCUT2D eigenvalue weighted by Gasteiger charge is -2.04. The van der Waals surface area contributed by atoms with E-state index in [-0.39, 0.29) is 0 Å². The summed E-state index contributed by atoms with van der Waals surface area (Å²) in [7, 11) is 0. The molecule has 0 unspecified atom stereocenters. The van der Waals surface area contributed by atoms with E-state index in [0.717, 1.165) is 32.8 Å². The third kappa shape index (κ3) is 2.36. The number of aromatic nitrogens is 3. The molecule has 0 saturated heterocycles. The van der Waals surface area contributed by atoms with Gasteiger partial charge in [-0.1, -0.05) is 15.9 Å². The van der Waals surface area contributed by atoms with Crippen LogP contribution in [0, 0.1) is 13.8 Å². The van der Waals surface area contributed by atoms with Gasteiger partial charge in [0.15, 0.2) is 0 Å². The van der Waals surface area contributed by atoms with E-state index in [2.05, 4.69) is 25.9 Å². The highest BCUT2D eigenvalue weighted by atomic mass is 79.9. The molecule has 0 bridgehead atoms. The Morgan fingerprint density at radius 2 is 2.10 bits per heavy atom. The molecule has 0 aliphatic rings. The van der Waals surface area contributed by atoms with Crippen LogP contribution in [-0.2, 0) is 12.4 Å². The summed E-state index contributed by atoms with van der Waals surface area (Å²) in [5.41, 5.74) is 2.85. The highest BCUT2D eigenvalue weighted by Crippen LogP contribution is 2.23. The van der Waals surface area contributed by atoms with Crippen molar-refractivity contribution in [1.82, 2.24) is 14.5 Å². The minimum absolute atomic E-state index is 0.352. The van der Waals surface area contributed by atoms with E-state index in [0.29, 0.717) is 18.3 Å². The molecule has 6 heteroatoms. The summed E-state index contributed by atoms with van der Waals surface area (Å²) >= 11 is 9.45. The van der Waals surface area contributed by atoms with E-state index < -0.39 is 0 Å². The van der Waals surface area contributed by atoms with Gasteiger partial charge >= 0.3 is 0 Å². The van der Waals surface area contributed by atoms with Crippen LogP contribution < -0.4 is 0 Å². The number of fused-ring (bicyclic) bond motifs is 1. The van der Waals surface area contributed by atoms with Crippen molar-refractivity contribution in [3.63, 3.8) is 0 Å². The molecule has 0 aliphatic carbocycles. The fourth-order valence-electron chi connectivity index (χ4n) is 2.17. The van der Waals surface area contributed by atoms with Gasteiger partial charge < -0.3 is 8.98 Å². The van der Waals surface area contributed by atoms with Crippen LogP contribution in [0.5, 0.6) is 0 Å². The lowest BCUT2D eigenvalue weighted by Crippen LogP contribution is -2.04. The molecule has 0 amide bonds. The van der Waals surface area contributed by atoms with Crippen LogP contribution in [0.1, 0.15) is 23.2 Å². The van der Waals surface area contributed by atoms with E-state index in [1.54, 1.807) is 0 Å². The number of aryl methyl sites for hydroxylation is 2. The summed E-state index contributed by atoms with van der Waals surface area (Å²) in [4.78, 5) is 8.97. The fourth-order valence-corrected chi connectivity index (χ4v) is 2.73. The number of rotatable bonds is 3. The Hall–Kier alpha value is -1.33. The summed E-state index contributed by atoms with van der Waals surface area (Å²) in [5.74, 6) is 2.69. The molecule has 0 spiro atoms. The Morgan fingerprint density at radius 3 is 2.75 bits per heavy atom. The van der Waals surface area contributed by atoms with E-state index in [9.17, 15) is 0 Å². The monoisotopic (exact) mass is 353 g/mol. The summed E-state index contributed by atoms with van der Waals surface area (Å²) < 4.78 is 8.69. The number of benzene rings is 1. The first-order valence-electron chi connectivity index (χ1n) is 6.22. The minimum atomic E-state index is 0.352. The predicted molar refractivity (Wildman–Crippen MR) is 82.1 cm³/mol. The van der Waals surface area contributed by atoms with Crippen LogP contribution in [0.4, 0.5) is 0 Å². The predicted octanol–water partition coefficient (Wildman–Crippen LogP) is 4.19. The maximum atomic E-state index is 6.00. The summed E-state index contributed by atoms with van der Waals surface area (Å²) in [6.07, 6.45) is 0. The zero-order chi connectivity index (χ0) is 14.3. The van der Waals surface area contributed by atoms with E-state index >= 15 is 0 Å². The van der Waals surface area contributed by atoms with Crippen LogP contribution in [0.25, 0.3) is 11.0 Å². The zero-order valence-electron chi connectivity index (χ0n) is 11.2. The number of nitrogens with zero attached hydrogens (tertiary/aromatic N) is 3. The number of halogens is 2. The van der Waals surface area contributed by atoms with Crippen LogP contribution in [-0.4, -0.2) is 14.5 Å². The van der Waals surface area contributed by atoms with Crippen LogP contribution in [0.15, 0.2) is 27.1 Å². The lowest BCUT2D eigenvalue weighted by molar-refractivity contribution is 0.457. The molecule has 104 valence electrons. The topological polar surface area (TPSA) is 43.9 Å². The average Bonchev–Trinajstić information content (AvgIpc) is 2.91. The molecule has 4 nitrogen and oxygen atoms in total. The molecule has 0 fully saturated rings. The Labute approximate surface area is 129 Å². The normalized spacial score (nSPS) is 11.4. The number of hydrogen-bond donors (Lipinski definition) is 0. The summed E-state index contributed by atoms with van der Waals surface area (Å²) in [6.45, 7) is 4.39. The van der Waals surface area contributed by atoms with Gasteiger partial charge in [-0.05, 0) is 32.0 Å². The Bertz CT molecular complexity index is 759. The van der Waals surface area contributed by atoms with Crippen molar-refractivity contribution in [2.45, 2.75) is 26.3 Å². The fraction of sp³-hybridized carbons (Fsp3) is 0.286. The largest absolute Gasteiger partial charge is 0.444 e. The van der Waals surface area contributed by atoms with Crippen LogP contribution in [0.2, 0.25) is 0 Å². The Kier molecular flexibility index (Phi) is 3.56. The maximum Gasteiger partial charge on any atom is 0.214 e. The van der Waals surface area contributed by atoms with Crippen LogP contribution in [0.3, 0.4) is 0 Å². The third-order valence-corrected chi connectivity index (χ3v) is 4.01. The summed E-state index contributed by atoms with van der Waals surface area (Å²) in [6, 6.07) is 5.99. The van der Waals surface area contributed by atoms with Gasteiger partial charge in [-0.2, -0.15) is 0 Å². The highest BCUT2D eigenvalue weighted by molar-refractivity contribution is 9.10. The van der Waals surface area contributed by atoms with Crippen molar-refractivity contribution in [2.24, 2.45) is 0 Å². The lowest BCUT2D eigenvalue weighted by atomic mass is 10.3. The SMILES string of the molecule is Cc1nc(Cn2c(CCl)nc3cc(Br)ccc32)oc1C. The van der Waals surface area contributed by atoms with Gasteiger partial charge in [0.25, 0.3) is 0 Å². The Morgan fingerprint density at radius 1 is 1.30 bits per heavy atom. The van der Waals surface area contributed by atoms with Gasteiger partial charge in [0.05, 0.1) is 22.6 Å². The Balaban J connectivity index is 2.09. The molecule has 0 radical (unpaired) electrons. The standard InChI is InChI=1S/C14H13BrClN3O/c1-8-9(2)20-14(17-8)7-19-12-4-3-10(15)5-11(12)18-13(19)6-16/h3-5H,6-7H2,1-2H3. The van der Waals surface area contributed by atoms with Gasteiger partial charge in [-0.3, -0.25) is 0 Å². The first kappa shape index (κ1) is 13.6. The molecule has 3 rings (SSSR count). The molecule has 0 atom stereocenters. The summed E-state index contributed by atoms with van der Waals surface area (Å²) in [5, 5.41) is 0. The molecular weight excluding hydrogens is 342 g/mol. The second kappa shape index (κ2) is 5.22.